The van der Waals surface area contributed by atoms with Crippen molar-refractivity contribution in [1.29, 1.82) is 0 Å². The number of fused-ring (bicyclic) bond motifs is 3. The van der Waals surface area contributed by atoms with E-state index < -0.39 is 23.8 Å². The third-order valence-corrected chi connectivity index (χ3v) is 6.08. The number of aromatic nitrogens is 4. The Hall–Kier alpha value is -2.58. The van der Waals surface area contributed by atoms with Crippen molar-refractivity contribution in [2.75, 3.05) is 18.1 Å². The van der Waals surface area contributed by atoms with Crippen LogP contribution in [0, 0.1) is 5.92 Å². The number of nitrogens with zero attached hydrogens (tertiary/aromatic N) is 5. The summed E-state index contributed by atoms with van der Waals surface area (Å²) in [7, 11) is 1.60. The molecule has 29 heavy (non-hydrogen) atoms. The van der Waals surface area contributed by atoms with Gasteiger partial charge in [-0.15, -0.1) is 0 Å². The third-order valence-electron chi connectivity index (χ3n) is 6.08. The molecule has 9 heteroatoms. The smallest absolute Gasteiger partial charge is 0.333 e. The van der Waals surface area contributed by atoms with Crippen molar-refractivity contribution in [3.05, 3.63) is 20.8 Å². The summed E-state index contributed by atoms with van der Waals surface area (Å²) >= 11 is 0. The second kappa shape index (κ2) is 7.68. The van der Waals surface area contributed by atoms with Gasteiger partial charge < -0.3 is 14.2 Å². The summed E-state index contributed by atoms with van der Waals surface area (Å²) in [5.41, 5.74) is -0.264. The Morgan fingerprint density at radius 2 is 1.90 bits per heavy atom. The van der Waals surface area contributed by atoms with Crippen LogP contribution in [0.5, 0.6) is 0 Å². The number of aryl methyl sites for hydroxylation is 1. The van der Waals surface area contributed by atoms with Crippen LogP contribution in [0.3, 0.4) is 0 Å². The van der Waals surface area contributed by atoms with Gasteiger partial charge in [-0.2, -0.15) is 4.98 Å². The van der Waals surface area contributed by atoms with Crippen molar-refractivity contribution in [3.8, 4) is 0 Å². The largest absolute Gasteiger partial charge is 0.465 e. The standard InChI is InChI=1S/C20H29N5O4/c1-4-29-15(26)12-25-18(27)16-17(22(3)20(25)28)21-19-23(10-13(2)11-24(16)19)14-8-6-5-7-9-14/h13-14H,4-12H2,1-3H3/t13-/m0/s1. The molecule has 2 aliphatic rings. The van der Waals surface area contributed by atoms with Gasteiger partial charge in [0.25, 0.3) is 5.56 Å². The van der Waals surface area contributed by atoms with Crippen molar-refractivity contribution in [1.82, 2.24) is 18.7 Å². The van der Waals surface area contributed by atoms with Gasteiger partial charge in [0.15, 0.2) is 11.2 Å². The molecule has 4 rings (SSSR count). The summed E-state index contributed by atoms with van der Waals surface area (Å²) in [6, 6.07) is 0.417. The number of carbonyl (C=O) groups excluding carboxylic acids is 1. The van der Waals surface area contributed by atoms with Crippen LogP contribution in [0.1, 0.15) is 46.0 Å². The third kappa shape index (κ3) is 3.36. The molecule has 1 atom stereocenters. The Morgan fingerprint density at radius 1 is 1.17 bits per heavy atom. The normalized spacial score (nSPS) is 20.1. The average Bonchev–Trinajstić information content (AvgIpc) is 3.09. The van der Waals surface area contributed by atoms with Gasteiger partial charge >= 0.3 is 11.7 Å². The average molecular weight is 403 g/mol. The molecule has 2 aromatic heterocycles. The van der Waals surface area contributed by atoms with Gasteiger partial charge in [0.1, 0.15) is 6.54 Å². The van der Waals surface area contributed by atoms with Crippen LogP contribution in [0.15, 0.2) is 9.59 Å². The molecule has 0 saturated heterocycles. The van der Waals surface area contributed by atoms with E-state index in [-0.39, 0.29) is 6.61 Å². The SMILES string of the molecule is CCOC(=O)Cn1c(=O)c2c(nc3n2C[C@@H](C)CN3C2CCCCC2)n(C)c1=O. The minimum Gasteiger partial charge on any atom is -0.465 e. The number of carbonyl (C=O) groups is 1. The molecule has 1 aliphatic heterocycles. The van der Waals surface area contributed by atoms with Gasteiger partial charge in [-0.1, -0.05) is 26.2 Å². The molecule has 9 nitrogen and oxygen atoms in total. The molecule has 0 radical (unpaired) electrons. The summed E-state index contributed by atoms with van der Waals surface area (Å²) in [5.74, 6) is 0.532. The Bertz CT molecular complexity index is 1040. The van der Waals surface area contributed by atoms with Crippen molar-refractivity contribution >= 4 is 23.1 Å². The number of imidazole rings is 1. The molecule has 2 aromatic rings. The highest BCUT2D eigenvalue weighted by molar-refractivity contribution is 5.76. The molecule has 0 unspecified atom stereocenters. The van der Waals surface area contributed by atoms with Crippen molar-refractivity contribution in [3.63, 3.8) is 0 Å². The van der Waals surface area contributed by atoms with E-state index in [0.717, 1.165) is 29.9 Å². The van der Waals surface area contributed by atoms with E-state index in [4.69, 9.17) is 9.72 Å². The molecule has 3 heterocycles. The summed E-state index contributed by atoms with van der Waals surface area (Å²) in [6.45, 7) is 5.24. The highest BCUT2D eigenvalue weighted by atomic mass is 16.5. The Morgan fingerprint density at radius 3 is 2.59 bits per heavy atom. The molecule has 158 valence electrons. The van der Waals surface area contributed by atoms with Gasteiger partial charge in [0.05, 0.1) is 6.61 Å². The van der Waals surface area contributed by atoms with Gasteiger partial charge in [0.2, 0.25) is 5.95 Å². The summed E-state index contributed by atoms with van der Waals surface area (Å²) < 4.78 is 9.21. The van der Waals surface area contributed by atoms with Gasteiger partial charge in [-0.3, -0.25) is 14.2 Å². The fourth-order valence-electron chi connectivity index (χ4n) is 4.72. The van der Waals surface area contributed by atoms with Crippen LogP contribution in [0.4, 0.5) is 5.95 Å². The van der Waals surface area contributed by atoms with Gasteiger partial charge in [0, 0.05) is 26.2 Å². The van der Waals surface area contributed by atoms with Crippen LogP contribution >= 0.6 is 0 Å². The predicted octanol–water partition coefficient (Wildman–Crippen LogP) is 1.25. The highest BCUT2D eigenvalue weighted by Crippen LogP contribution is 2.32. The molecule has 1 aliphatic carbocycles. The van der Waals surface area contributed by atoms with Crippen LogP contribution in [-0.2, 0) is 29.7 Å². The first-order valence-corrected chi connectivity index (χ1v) is 10.5. The number of hydrogen-bond donors (Lipinski definition) is 0. The highest BCUT2D eigenvalue weighted by Gasteiger charge is 2.33. The predicted molar refractivity (Wildman–Crippen MR) is 109 cm³/mol. The minimum atomic E-state index is -0.596. The van der Waals surface area contributed by atoms with Crippen LogP contribution in [0.25, 0.3) is 11.2 Å². The zero-order valence-electron chi connectivity index (χ0n) is 17.4. The lowest BCUT2D eigenvalue weighted by Gasteiger charge is -2.40. The molecule has 0 spiro atoms. The molecule has 0 aromatic carbocycles. The number of esters is 1. The van der Waals surface area contributed by atoms with E-state index in [9.17, 15) is 14.4 Å². The maximum absolute atomic E-state index is 13.2. The van der Waals surface area contributed by atoms with Gasteiger partial charge in [-0.05, 0) is 25.7 Å². The number of hydrogen-bond acceptors (Lipinski definition) is 6. The second-order valence-corrected chi connectivity index (χ2v) is 8.28. The van der Waals surface area contributed by atoms with E-state index in [1.54, 1.807) is 14.0 Å². The van der Waals surface area contributed by atoms with Crippen molar-refractivity contribution in [2.45, 2.75) is 65.1 Å². The fraction of sp³-hybridized carbons (Fsp3) is 0.700. The zero-order valence-corrected chi connectivity index (χ0v) is 17.4. The summed E-state index contributed by atoms with van der Waals surface area (Å²) in [4.78, 5) is 45.0. The first kappa shape index (κ1) is 19.7. The van der Waals surface area contributed by atoms with E-state index in [1.165, 1.54) is 23.8 Å². The lowest BCUT2D eigenvalue weighted by Crippen LogP contribution is -2.45. The zero-order chi connectivity index (χ0) is 20.7. The fourth-order valence-corrected chi connectivity index (χ4v) is 4.72. The maximum Gasteiger partial charge on any atom is 0.333 e. The van der Waals surface area contributed by atoms with Crippen molar-refractivity contribution in [2.24, 2.45) is 13.0 Å². The van der Waals surface area contributed by atoms with Crippen molar-refractivity contribution < 1.29 is 9.53 Å². The minimum absolute atomic E-state index is 0.200. The Balaban J connectivity index is 1.87. The van der Waals surface area contributed by atoms with E-state index in [1.807, 2.05) is 4.57 Å². The second-order valence-electron chi connectivity index (χ2n) is 8.28. The monoisotopic (exact) mass is 403 g/mol. The molecule has 0 amide bonds. The molecule has 0 bridgehead atoms. The molecular formula is C20H29N5O4. The van der Waals surface area contributed by atoms with E-state index in [0.29, 0.717) is 29.7 Å². The summed E-state index contributed by atoms with van der Waals surface area (Å²) in [6.07, 6.45) is 5.94. The number of rotatable bonds is 4. The van der Waals surface area contributed by atoms with E-state index in [2.05, 4.69) is 11.8 Å². The first-order valence-electron chi connectivity index (χ1n) is 10.5. The molecular weight excluding hydrogens is 374 g/mol. The summed E-state index contributed by atoms with van der Waals surface area (Å²) in [5, 5.41) is 0. The first-order chi connectivity index (χ1) is 13.9. The van der Waals surface area contributed by atoms with E-state index >= 15 is 0 Å². The number of ether oxygens (including phenoxy) is 1. The molecule has 0 N–H and O–H groups in total. The van der Waals surface area contributed by atoms with Gasteiger partial charge in [-0.25, -0.2) is 9.36 Å². The molecule has 1 saturated carbocycles. The lowest BCUT2D eigenvalue weighted by atomic mass is 9.93. The van der Waals surface area contributed by atoms with Crippen LogP contribution in [0.2, 0.25) is 0 Å². The number of anilines is 1. The Kier molecular flexibility index (Phi) is 5.23. The van der Waals surface area contributed by atoms with Crippen LogP contribution < -0.4 is 16.1 Å². The lowest BCUT2D eigenvalue weighted by molar-refractivity contribution is -0.143. The van der Waals surface area contributed by atoms with Crippen LogP contribution in [-0.4, -0.2) is 43.8 Å². The maximum atomic E-state index is 13.2. The Labute approximate surface area is 168 Å². The molecule has 1 fully saturated rings. The quantitative estimate of drug-likeness (QED) is 0.714. The topological polar surface area (TPSA) is 91.4 Å².